The summed E-state index contributed by atoms with van der Waals surface area (Å²) >= 11 is 3.32. The lowest BCUT2D eigenvalue weighted by Gasteiger charge is -2.17. The van der Waals surface area contributed by atoms with Crippen molar-refractivity contribution in [2.24, 2.45) is 5.92 Å². The zero-order valence-electron chi connectivity index (χ0n) is 11.4. The van der Waals surface area contributed by atoms with Crippen LogP contribution in [0.15, 0.2) is 29.2 Å². The number of alkyl halides is 1. The Labute approximate surface area is 128 Å². The highest BCUT2D eigenvalue weighted by molar-refractivity contribution is 9.08. The molecule has 1 aromatic rings. The van der Waals surface area contributed by atoms with Gasteiger partial charge < -0.3 is 0 Å². The van der Waals surface area contributed by atoms with Crippen LogP contribution in [0.2, 0.25) is 0 Å². The van der Waals surface area contributed by atoms with E-state index >= 15 is 0 Å². The molecule has 1 aliphatic heterocycles. The van der Waals surface area contributed by atoms with E-state index in [-0.39, 0.29) is 16.7 Å². The van der Waals surface area contributed by atoms with Crippen LogP contribution >= 0.6 is 15.9 Å². The summed E-state index contributed by atoms with van der Waals surface area (Å²) in [5, 5.41) is 0.675. The maximum Gasteiger partial charge on any atom is 0.266 e. The van der Waals surface area contributed by atoms with Crippen molar-refractivity contribution in [2.45, 2.75) is 36.4 Å². The van der Waals surface area contributed by atoms with E-state index in [0.29, 0.717) is 18.3 Å². The number of amides is 1. The van der Waals surface area contributed by atoms with Crippen LogP contribution in [0.4, 0.5) is 0 Å². The quantitative estimate of drug-likeness (QED) is 0.759. The second kappa shape index (κ2) is 6.26. The van der Waals surface area contributed by atoms with E-state index in [1.54, 1.807) is 24.3 Å². The van der Waals surface area contributed by atoms with Crippen molar-refractivity contribution < 1.29 is 13.2 Å². The van der Waals surface area contributed by atoms with Crippen LogP contribution in [0.3, 0.4) is 0 Å². The molecule has 0 aliphatic carbocycles. The highest BCUT2D eigenvalue weighted by Gasteiger charge is 2.37. The molecular weight excluding hydrogens is 342 g/mol. The molecule has 6 heteroatoms. The maximum absolute atomic E-state index is 12.5. The molecular formula is C14H18BrNO3S. The van der Waals surface area contributed by atoms with Gasteiger partial charge in [0.2, 0.25) is 5.91 Å². The molecule has 1 atom stereocenters. The third-order valence-electron chi connectivity index (χ3n) is 3.53. The predicted octanol–water partition coefficient (Wildman–Crippen LogP) is 2.92. The number of hydrogen-bond acceptors (Lipinski definition) is 3. The smallest absolute Gasteiger partial charge is 0.266 e. The zero-order valence-corrected chi connectivity index (χ0v) is 13.8. The van der Waals surface area contributed by atoms with E-state index in [4.69, 9.17) is 0 Å². The maximum atomic E-state index is 12.5. The van der Waals surface area contributed by atoms with Gasteiger partial charge in [-0.1, -0.05) is 41.4 Å². The lowest BCUT2D eigenvalue weighted by atomic mass is 10.0. The summed E-state index contributed by atoms with van der Waals surface area (Å²) in [4.78, 5) is 12.1. The van der Waals surface area contributed by atoms with Crippen molar-refractivity contribution in [3.05, 3.63) is 29.8 Å². The molecule has 4 nitrogen and oxygen atoms in total. The fourth-order valence-corrected chi connectivity index (χ4v) is 4.32. The van der Waals surface area contributed by atoms with Gasteiger partial charge in [0.1, 0.15) is 0 Å². The Morgan fingerprint density at radius 3 is 2.50 bits per heavy atom. The average Bonchev–Trinajstić information content (AvgIpc) is 2.81. The Kier molecular flexibility index (Phi) is 4.86. The van der Waals surface area contributed by atoms with Gasteiger partial charge in [0.15, 0.2) is 0 Å². The standard InChI is InChI=1S/C14H18BrNO3S/c1-2-3-12-8-14(17)16(10-12)20(18,19)13-6-4-11(9-15)5-7-13/h4-7,12H,2-3,8-10H2,1H3. The van der Waals surface area contributed by atoms with Crippen molar-refractivity contribution in [2.75, 3.05) is 6.54 Å². The van der Waals surface area contributed by atoms with Crippen molar-refractivity contribution >= 4 is 31.9 Å². The van der Waals surface area contributed by atoms with E-state index in [0.717, 1.165) is 22.7 Å². The Hall–Kier alpha value is -0.880. The molecule has 2 rings (SSSR count). The summed E-state index contributed by atoms with van der Waals surface area (Å²) in [5.74, 6) is -0.128. The Morgan fingerprint density at radius 2 is 1.95 bits per heavy atom. The molecule has 1 fully saturated rings. The van der Waals surface area contributed by atoms with Crippen LogP contribution in [0.5, 0.6) is 0 Å². The number of nitrogens with zero attached hydrogens (tertiary/aromatic N) is 1. The first kappa shape index (κ1) is 15.5. The van der Waals surface area contributed by atoms with Crippen LogP contribution in [-0.4, -0.2) is 25.2 Å². The predicted molar refractivity (Wildman–Crippen MR) is 81.0 cm³/mol. The molecule has 1 amide bonds. The van der Waals surface area contributed by atoms with Crippen molar-refractivity contribution in [3.8, 4) is 0 Å². The molecule has 1 saturated heterocycles. The van der Waals surface area contributed by atoms with Crippen molar-refractivity contribution in [1.29, 1.82) is 0 Å². The van der Waals surface area contributed by atoms with Gasteiger partial charge >= 0.3 is 0 Å². The highest BCUT2D eigenvalue weighted by atomic mass is 79.9. The normalized spacial score (nSPS) is 19.6. The minimum Gasteiger partial charge on any atom is -0.274 e. The highest BCUT2D eigenvalue weighted by Crippen LogP contribution is 2.28. The number of rotatable bonds is 5. The SMILES string of the molecule is CCCC1CC(=O)N(S(=O)(=O)c2ccc(CBr)cc2)C1. The Balaban J connectivity index is 2.23. The van der Waals surface area contributed by atoms with Gasteiger partial charge in [0.05, 0.1) is 4.90 Å². The third-order valence-corrected chi connectivity index (χ3v) is 5.98. The third kappa shape index (κ3) is 3.06. The molecule has 0 radical (unpaired) electrons. The van der Waals surface area contributed by atoms with Gasteiger partial charge in [-0.25, -0.2) is 12.7 Å². The summed E-state index contributed by atoms with van der Waals surface area (Å²) in [7, 11) is -3.70. The molecule has 1 aromatic carbocycles. The zero-order chi connectivity index (χ0) is 14.8. The molecule has 1 aliphatic rings. The number of carbonyl (C=O) groups is 1. The molecule has 0 saturated carbocycles. The first-order valence-corrected chi connectivity index (χ1v) is 9.25. The van der Waals surface area contributed by atoms with E-state index in [1.165, 1.54) is 0 Å². The van der Waals surface area contributed by atoms with Gasteiger partial charge in [-0.05, 0) is 30.0 Å². The molecule has 110 valence electrons. The summed E-state index contributed by atoms with van der Waals surface area (Å²) in [5.41, 5.74) is 1.00. The average molecular weight is 360 g/mol. The number of benzene rings is 1. The molecule has 1 heterocycles. The van der Waals surface area contributed by atoms with Gasteiger partial charge in [-0.15, -0.1) is 0 Å². The van der Waals surface area contributed by atoms with E-state index in [2.05, 4.69) is 15.9 Å². The summed E-state index contributed by atoms with van der Waals surface area (Å²) < 4.78 is 26.0. The molecule has 1 unspecified atom stereocenters. The molecule has 0 bridgehead atoms. The number of hydrogen-bond donors (Lipinski definition) is 0. The first-order chi connectivity index (χ1) is 9.48. The van der Waals surface area contributed by atoms with Crippen LogP contribution < -0.4 is 0 Å². The first-order valence-electron chi connectivity index (χ1n) is 6.69. The van der Waals surface area contributed by atoms with Crippen LogP contribution in [0, 0.1) is 5.92 Å². The fraction of sp³-hybridized carbons (Fsp3) is 0.500. The van der Waals surface area contributed by atoms with Gasteiger partial charge in [-0.3, -0.25) is 4.79 Å². The van der Waals surface area contributed by atoms with Crippen LogP contribution in [0.1, 0.15) is 31.7 Å². The minimum atomic E-state index is -3.70. The van der Waals surface area contributed by atoms with Crippen LogP contribution in [0.25, 0.3) is 0 Å². The van der Waals surface area contributed by atoms with Crippen LogP contribution in [-0.2, 0) is 20.1 Å². The lowest BCUT2D eigenvalue weighted by Crippen LogP contribution is -2.32. The summed E-state index contributed by atoms with van der Waals surface area (Å²) in [6, 6.07) is 6.64. The number of halogens is 1. The molecule has 0 spiro atoms. The monoisotopic (exact) mass is 359 g/mol. The molecule has 0 aromatic heterocycles. The molecule has 20 heavy (non-hydrogen) atoms. The van der Waals surface area contributed by atoms with E-state index in [9.17, 15) is 13.2 Å². The number of carbonyl (C=O) groups excluding carboxylic acids is 1. The Morgan fingerprint density at radius 1 is 1.30 bits per heavy atom. The second-order valence-electron chi connectivity index (χ2n) is 5.07. The molecule has 0 N–H and O–H groups in total. The topological polar surface area (TPSA) is 54.5 Å². The summed E-state index contributed by atoms with van der Waals surface area (Å²) in [6.07, 6.45) is 2.19. The van der Waals surface area contributed by atoms with E-state index < -0.39 is 10.0 Å². The fourth-order valence-electron chi connectivity index (χ4n) is 2.46. The van der Waals surface area contributed by atoms with Gasteiger partial charge in [0.25, 0.3) is 10.0 Å². The number of sulfonamides is 1. The van der Waals surface area contributed by atoms with Crippen molar-refractivity contribution in [1.82, 2.24) is 4.31 Å². The lowest BCUT2D eigenvalue weighted by molar-refractivity contribution is -0.123. The van der Waals surface area contributed by atoms with Gasteiger partial charge in [0, 0.05) is 18.3 Å². The summed E-state index contributed by atoms with van der Waals surface area (Å²) in [6.45, 7) is 2.36. The van der Waals surface area contributed by atoms with Gasteiger partial charge in [-0.2, -0.15) is 0 Å². The Bertz CT molecular complexity index is 583. The van der Waals surface area contributed by atoms with E-state index in [1.807, 2.05) is 6.92 Å². The largest absolute Gasteiger partial charge is 0.274 e. The van der Waals surface area contributed by atoms with Crippen molar-refractivity contribution in [3.63, 3.8) is 0 Å². The second-order valence-corrected chi connectivity index (χ2v) is 7.49. The minimum absolute atomic E-state index is 0.157.